The number of amides is 2. The van der Waals surface area contributed by atoms with Gasteiger partial charge < -0.3 is 14.0 Å². The summed E-state index contributed by atoms with van der Waals surface area (Å²) in [5, 5.41) is 4.26. The van der Waals surface area contributed by atoms with Crippen LogP contribution in [0.5, 0.6) is 11.5 Å². The van der Waals surface area contributed by atoms with Gasteiger partial charge in [0.15, 0.2) is 5.58 Å². The molecule has 1 aliphatic rings. The second-order valence-electron chi connectivity index (χ2n) is 9.30. The number of alkyl halides is 1. The summed E-state index contributed by atoms with van der Waals surface area (Å²) in [7, 11) is 0. The van der Waals surface area contributed by atoms with Gasteiger partial charge in [0.25, 0.3) is 16.1 Å². The molecule has 1 aliphatic heterocycles. The van der Waals surface area contributed by atoms with Crippen LogP contribution in [0, 0.1) is 0 Å². The Labute approximate surface area is 230 Å². The fourth-order valence-corrected chi connectivity index (χ4v) is 5.36. The maximum absolute atomic E-state index is 14.9. The van der Waals surface area contributed by atoms with E-state index in [0.717, 1.165) is 53.7 Å². The predicted molar refractivity (Wildman–Crippen MR) is 148 cm³/mol. The Balaban J connectivity index is 1.15. The number of benzene rings is 3. The molecule has 0 saturated carbocycles. The van der Waals surface area contributed by atoms with Crippen molar-refractivity contribution < 1.29 is 28.0 Å². The summed E-state index contributed by atoms with van der Waals surface area (Å²) >= 11 is 0.331. The van der Waals surface area contributed by atoms with Gasteiger partial charge in [-0.05, 0) is 60.9 Å². The number of aryl methyl sites for hydroxylation is 3. The van der Waals surface area contributed by atoms with Crippen LogP contribution in [0.4, 0.5) is 9.18 Å². The van der Waals surface area contributed by atoms with E-state index in [1.807, 2.05) is 35.6 Å². The number of aromatic nitrogens is 1. The average Bonchev–Trinajstić information content (AvgIpc) is 3.48. The third kappa shape index (κ3) is 5.93. The number of ether oxygens (including phenoxy) is 2. The van der Waals surface area contributed by atoms with Gasteiger partial charge >= 0.3 is 0 Å². The Kier molecular flexibility index (Phi) is 8.16. The summed E-state index contributed by atoms with van der Waals surface area (Å²) in [5.74, 6) is 0.363. The van der Waals surface area contributed by atoms with E-state index in [0.29, 0.717) is 37.1 Å². The van der Waals surface area contributed by atoms with Gasteiger partial charge in [0.1, 0.15) is 11.5 Å². The van der Waals surface area contributed by atoms with Crippen molar-refractivity contribution in [3.8, 4) is 11.5 Å². The van der Waals surface area contributed by atoms with Crippen LogP contribution in [-0.2, 0) is 29.1 Å². The number of hydrogen-bond donors (Lipinski definition) is 1. The summed E-state index contributed by atoms with van der Waals surface area (Å²) in [6.07, 6.45) is 4.10. The highest BCUT2D eigenvalue weighted by Crippen LogP contribution is 2.43. The first-order valence-corrected chi connectivity index (χ1v) is 13.8. The Morgan fingerprint density at radius 1 is 0.949 bits per heavy atom. The minimum Gasteiger partial charge on any atom is -0.493 e. The molecule has 7 nitrogen and oxygen atoms in total. The van der Waals surface area contributed by atoms with E-state index < -0.39 is 16.1 Å². The van der Waals surface area contributed by atoms with Crippen LogP contribution in [0.2, 0.25) is 0 Å². The Morgan fingerprint density at radius 3 is 2.44 bits per heavy atom. The Bertz CT molecular complexity index is 1460. The van der Waals surface area contributed by atoms with Crippen LogP contribution < -0.4 is 14.8 Å². The monoisotopic (exact) mass is 548 g/mol. The molecule has 3 aromatic carbocycles. The summed E-state index contributed by atoms with van der Waals surface area (Å²) in [5.41, 5.74) is 4.13. The standard InChI is InChI=1S/C30H29FN2O5S/c1-2-7-24-26(17-15-23-25(33-38-27(23)24)16-10-20-8-4-3-5-9-20)37-19-6-18-36-22-13-11-21(12-14-22)30(31)28(34)32-29(35)39-30/h3-5,8-9,11-15,17H,2,6-7,10,16,18-19H2,1H3,(H,32,34,35). The quantitative estimate of drug-likeness (QED) is 0.202. The maximum atomic E-state index is 14.9. The summed E-state index contributed by atoms with van der Waals surface area (Å²) in [6, 6.07) is 20.4. The van der Waals surface area contributed by atoms with E-state index in [2.05, 4.69) is 24.2 Å². The van der Waals surface area contributed by atoms with Crippen LogP contribution >= 0.6 is 11.8 Å². The molecule has 1 saturated heterocycles. The van der Waals surface area contributed by atoms with Crippen molar-refractivity contribution in [1.82, 2.24) is 10.5 Å². The normalized spacial score (nSPS) is 17.0. The van der Waals surface area contributed by atoms with Crippen LogP contribution in [0.15, 0.2) is 71.3 Å². The van der Waals surface area contributed by atoms with E-state index >= 15 is 0 Å². The number of imide groups is 1. The molecule has 9 heteroatoms. The van der Waals surface area contributed by atoms with Gasteiger partial charge in [0, 0.05) is 22.9 Å². The van der Waals surface area contributed by atoms with Crippen LogP contribution in [0.3, 0.4) is 0 Å². The van der Waals surface area contributed by atoms with Crippen LogP contribution in [0.25, 0.3) is 11.0 Å². The summed E-state index contributed by atoms with van der Waals surface area (Å²) in [6.45, 7) is 2.96. The van der Waals surface area contributed by atoms with Gasteiger partial charge in [-0.15, -0.1) is 0 Å². The topological polar surface area (TPSA) is 90.7 Å². The lowest BCUT2D eigenvalue weighted by molar-refractivity contribution is -0.126. The SMILES string of the molecule is CCCc1c(OCCCOc2ccc(C3(F)SC(=O)NC3=O)cc2)ccc2c(CCc3ccccc3)noc12. The highest BCUT2D eigenvalue weighted by Gasteiger charge is 2.50. The van der Waals surface area contributed by atoms with Gasteiger partial charge in [-0.25, -0.2) is 4.39 Å². The molecule has 1 N–H and O–H groups in total. The lowest BCUT2D eigenvalue weighted by Crippen LogP contribution is -2.30. The lowest BCUT2D eigenvalue weighted by Gasteiger charge is -2.15. The number of fused-ring (bicyclic) bond motifs is 1. The third-order valence-electron chi connectivity index (χ3n) is 6.55. The zero-order valence-corrected chi connectivity index (χ0v) is 22.4. The number of rotatable bonds is 12. The van der Waals surface area contributed by atoms with Crippen molar-refractivity contribution in [2.24, 2.45) is 0 Å². The van der Waals surface area contributed by atoms with E-state index in [-0.39, 0.29) is 5.56 Å². The van der Waals surface area contributed by atoms with Crippen molar-refractivity contribution >= 4 is 33.9 Å². The molecule has 5 rings (SSSR count). The fourth-order valence-electron chi connectivity index (χ4n) is 4.56. The van der Waals surface area contributed by atoms with Crippen molar-refractivity contribution in [3.05, 3.63) is 89.1 Å². The molecular formula is C30H29FN2O5S. The smallest absolute Gasteiger partial charge is 0.289 e. The molecule has 1 unspecified atom stereocenters. The molecule has 39 heavy (non-hydrogen) atoms. The number of nitrogens with one attached hydrogen (secondary N) is 1. The first kappa shape index (κ1) is 26.7. The van der Waals surface area contributed by atoms with Crippen LogP contribution in [-0.4, -0.2) is 29.5 Å². The third-order valence-corrected chi connectivity index (χ3v) is 7.54. The number of nitrogens with zero attached hydrogens (tertiary/aromatic N) is 1. The number of hydrogen-bond acceptors (Lipinski definition) is 7. The average molecular weight is 549 g/mol. The van der Waals surface area contributed by atoms with Gasteiger partial charge in [-0.3, -0.25) is 14.9 Å². The van der Waals surface area contributed by atoms with Gasteiger partial charge in [0.05, 0.1) is 18.9 Å². The first-order chi connectivity index (χ1) is 19.0. The molecule has 1 fully saturated rings. The number of carbonyl (C=O) groups excluding carboxylic acids is 2. The molecule has 1 atom stereocenters. The minimum absolute atomic E-state index is 0.0982. The zero-order chi connectivity index (χ0) is 27.2. The molecule has 0 aliphatic carbocycles. The summed E-state index contributed by atoms with van der Waals surface area (Å²) < 4.78 is 32.5. The molecule has 0 radical (unpaired) electrons. The molecule has 2 heterocycles. The van der Waals surface area contributed by atoms with Crippen molar-refractivity contribution in [1.29, 1.82) is 0 Å². The largest absolute Gasteiger partial charge is 0.493 e. The molecule has 2 amide bonds. The van der Waals surface area contributed by atoms with Gasteiger partial charge in [0.2, 0.25) is 0 Å². The minimum atomic E-state index is -2.41. The van der Waals surface area contributed by atoms with E-state index in [4.69, 9.17) is 14.0 Å². The van der Waals surface area contributed by atoms with Gasteiger partial charge in [-0.1, -0.05) is 61.0 Å². The highest BCUT2D eigenvalue weighted by molar-refractivity contribution is 8.15. The molecule has 0 spiro atoms. The van der Waals surface area contributed by atoms with Gasteiger partial charge in [-0.2, -0.15) is 0 Å². The maximum Gasteiger partial charge on any atom is 0.289 e. The first-order valence-electron chi connectivity index (χ1n) is 13.0. The Morgan fingerprint density at radius 2 is 1.72 bits per heavy atom. The second kappa shape index (κ2) is 11.9. The van der Waals surface area contributed by atoms with E-state index in [1.54, 1.807) is 12.1 Å². The lowest BCUT2D eigenvalue weighted by atomic mass is 10.0. The predicted octanol–water partition coefficient (Wildman–Crippen LogP) is 6.52. The second-order valence-corrected chi connectivity index (χ2v) is 10.4. The van der Waals surface area contributed by atoms with Crippen molar-refractivity contribution in [2.45, 2.75) is 44.0 Å². The molecule has 202 valence electrons. The number of halogens is 1. The van der Waals surface area contributed by atoms with Crippen molar-refractivity contribution in [2.75, 3.05) is 13.2 Å². The molecule has 4 aromatic rings. The molecular weight excluding hydrogens is 519 g/mol. The molecule has 1 aromatic heterocycles. The van der Waals surface area contributed by atoms with Crippen LogP contribution in [0.1, 0.15) is 42.1 Å². The number of thioether (sulfide) groups is 1. The highest BCUT2D eigenvalue weighted by atomic mass is 32.2. The van der Waals surface area contributed by atoms with E-state index in [9.17, 15) is 14.0 Å². The number of carbonyl (C=O) groups is 2. The molecule has 0 bridgehead atoms. The summed E-state index contributed by atoms with van der Waals surface area (Å²) in [4.78, 5) is 23.2. The Hall–Kier alpha value is -3.85. The zero-order valence-electron chi connectivity index (χ0n) is 21.6. The fraction of sp³-hybridized carbons (Fsp3) is 0.300. The van der Waals surface area contributed by atoms with E-state index in [1.165, 1.54) is 17.7 Å². The van der Waals surface area contributed by atoms with Crippen molar-refractivity contribution in [3.63, 3.8) is 0 Å².